The van der Waals surface area contributed by atoms with Gasteiger partial charge in [0.25, 0.3) is 0 Å². The second-order valence-electron chi connectivity index (χ2n) is 6.55. The average Bonchev–Trinajstić information content (AvgIpc) is 2.81. The molecule has 0 saturated carbocycles. The molecule has 0 amide bonds. The summed E-state index contributed by atoms with van der Waals surface area (Å²) in [6.45, 7) is 0. The molecule has 0 N–H and O–H groups in total. The fourth-order valence-corrected chi connectivity index (χ4v) is 13.9. The lowest BCUT2D eigenvalue weighted by Gasteiger charge is -2.42. The van der Waals surface area contributed by atoms with Crippen molar-refractivity contribution in [1.29, 1.82) is 0 Å². The Labute approximate surface area is 146 Å². The highest BCUT2D eigenvalue weighted by Gasteiger charge is 2.48. The molecule has 4 heteroatoms. The summed E-state index contributed by atoms with van der Waals surface area (Å²) in [5.74, 6) is 0. The lowest BCUT2D eigenvalue weighted by Crippen LogP contribution is -2.62. The third-order valence-corrected chi connectivity index (χ3v) is 14.1. The van der Waals surface area contributed by atoms with Crippen molar-refractivity contribution in [1.82, 2.24) is 0 Å². The first kappa shape index (κ1) is 15.5. The van der Waals surface area contributed by atoms with Gasteiger partial charge in [0.2, 0.25) is 0 Å². The van der Waals surface area contributed by atoms with Gasteiger partial charge in [-0.05, 0) is 62.5 Å². The van der Waals surface area contributed by atoms with Gasteiger partial charge in [0.05, 0.1) is 4.73 Å². The number of fused-ring (bicyclic) bond motifs is 3. The smallest absolute Gasteiger partial charge is 0.194 e. The van der Waals surface area contributed by atoms with Gasteiger partial charge in [-0.2, -0.15) is 0 Å². The van der Waals surface area contributed by atoms with Gasteiger partial charge >= 0.3 is 0 Å². The van der Waals surface area contributed by atoms with Gasteiger partial charge < -0.3 is 4.57 Å². The van der Waals surface area contributed by atoms with Gasteiger partial charge in [-0.3, -0.25) is 0 Å². The van der Waals surface area contributed by atoms with Crippen molar-refractivity contribution in [2.75, 3.05) is 16.9 Å². The molecule has 1 nitrogen and oxygen atoms in total. The van der Waals surface area contributed by atoms with Crippen LogP contribution in [0.2, 0.25) is 12.1 Å². The molecule has 2 aliphatic rings. The van der Waals surface area contributed by atoms with Crippen LogP contribution in [0, 0.1) is 0 Å². The summed E-state index contributed by atoms with van der Waals surface area (Å²) >= 11 is 6.09. The Bertz CT molecular complexity index is 681. The first-order chi connectivity index (χ1) is 11.3. The molecular weight excluding hydrogens is 333 g/mol. The highest BCUT2D eigenvalue weighted by atomic mass is 32.1. The number of hydrogen-bond donors (Lipinski definition) is 0. The second kappa shape index (κ2) is 6.47. The number of hydrogen-bond acceptors (Lipinski definition) is 1. The van der Waals surface area contributed by atoms with E-state index in [0.717, 1.165) is 0 Å². The molecule has 2 aromatic rings. The highest BCUT2D eigenvalue weighted by molar-refractivity contribution is 7.99. The van der Waals surface area contributed by atoms with Gasteiger partial charge in [0.15, 0.2) is 8.24 Å². The summed E-state index contributed by atoms with van der Waals surface area (Å²) in [6.07, 6.45) is 5.41. The summed E-state index contributed by atoms with van der Waals surface area (Å²) in [7, 11) is -1.90. The van der Waals surface area contributed by atoms with E-state index in [2.05, 4.69) is 65.2 Å². The van der Waals surface area contributed by atoms with Gasteiger partial charge in [-0.25, -0.2) is 0 Å². The van der Waals surface area contributed by atoms with Crippen LogP contribution in [0.4, 0.5) is 5.69 Å². The molecule has 0 spiro atoms. The maximum Gasteiger partial charge on any atom is 0.194 e. The molecular formula is C19H22NPSSi. The molecule has 2 aromatic carbocycles. The first-order valence-electron chi connectivity index (χ1n) is 8.51. The SMILES string of the molecule is S=C1N(c2ccccc2)[Si]2(c3ccccc3)CCCP1CCC2. The Morgan fingerprint density at radius 2 is 1.39 bits per heavy atom. The molecule has 2 bridgehead atoms. The van der Waals surface area contributed by atoms with Crippen LogP contribution in [0.1, 0.15) is 12.8 Å². The quantitative estimate of drug-likeness (QED) is 0.427. The monoisotopic (exact) mass is 355 g/mol. The first-order valence-corrected chi connectivity index (χ1v) is 13.0. The number of para-hydroxylation sites is 1. The summed E-state index contributed by atoms with van der Waals surface area (Å²) in [6, 6.07) is 25.0. The predicted molar refractivity (Wildman–Crippen MR) is 109 cm³/mol. The minimum atomic E-state index is -1.79. The van der Waals surface area contributed by atoms with E-state index in [-0.39, 0.29) is 7.92 Å². The highest BCUT2D eigenvalue weighted by Crippen LogP contribution is 2.51. The van der Waals surface area contributed by atoms with Crippen molar-refractivity contribution in [3.63, 3.8) is 0 Å². The van der Waals surface area contributed by atoms with E-state index in [1.807, 2.05) is 0 Å². The van der Waals surface area contributed by atoms with Gasteiger partial charge in [0.1, 0.15) is 0 Å². The van der Waals surface area contributed by atoms with Crippen LogP contribution in [-0.4, -0.2) is 25.3 Å². The topological polar surface area (TPSA) is 3.24 Å². The van der Waals surface area contributed by atoms with Crippen LogP contribution in [0.5, 0.6) is 0 Å². The number of thiocarbonyl (C=S) groups is 1. The molecule has 118 valence electrons. The van der Waals surface area contributed by atoms with Crippen LogP contribution in [0.25, 0.3) is 0 Å². The van der Waals surface area contributed by atoms with Crippen molar-refractivity contribution in [3.05, 3.63) is 60.7 Å². The Morgan fingerprint density at radius 3 is 2.00 bits per heavy atom. The van der Waals surface area contributed by atoms with Crippen LogP contribution in [-0.2, 0) is 0 Å². The predicted octanol–water partition coefficient (Wildman–Crippen LogP) is 4.92. The number of anilines is 1. The summed E-state index contributed by atoms with van der Waals surface area (Å²) in [4.78, 5) is 0. The molecule has 2 aliphatic heterocycles. The van der Waals surface area contributed by atoms with E-state index in [1.54, 1.807) is 5.19 Å². The molecule has 23 heavy (non-hydrogen) atoms. The molecule has 4 rings (SSSR count). The molecule has 2 heterocycles. The van der Waals surface area contributed by atoms with Crippen molar-refractivity contribution in [2.45, 2.75) is 24.9 Å². The fraction of sp³-hybridized carbons (Fsp3) is 0.316. The molecule has 0 unspecified atom stereocenters. The minimum Gasteiger partial charge on any atom is -0.355 e. The summed E-state index contributed by atoms with van der Waals surface area (Å²) in [5.41, 5.74) is 1.34. The third-order valence-electron chi connectivity index (χ3n) is 5.25. The summed E-state index contributed by atoms with van der Waals surface area (Å²) in [5, 5.41) is 1.57. The number of nitrogens with zero attached hydrogens (tertiary/aromatic N) is 1. The largest absolute Gasteiger partial charge is 0.355 e. The lowest BCUT2D eigenvalue weighted by molar-refractivity contribution is 0.968. The standard InChI is InChI=1S/C19H22NPSSi/c22-19-20(17-9-3-1-4-10-17)23(18-11-5-2-6-12-18)15-7-13-21(19)14-8-16-23/h1-6,9-12H,7-8,13-16H2. The normalized spacial score (nSPS) is 27.6. The van der Waals surface area contributed by atoms with E-state index < -0.39 is 8.24 Å². The molecule has 0 radical (unpaired) electrons. The van der Waals surface area contributed by atoms with Crippen LogP contribution in [0.15, 0.2) is 60.7 Å². The second-order valence-corrected chi connectivity index (χ2v) is 13.7. The van der Waals surface area contributed by atoms with E-state index in [4.69, 9.17) is 12.2 Å². The molecule has 0 aliphatic carbocycles. The Balaban J connectivity index is 1.92. The van der Waals surface area contributed by atoms with E-state index in [9.17, 15) is 0 Å². The zero-order chi connectivity index (χ0) is 15.7. The van der Waals surface area contributed by atoms with Gasteiger partial charge in [-0.15, -0.1) is 0 Å². The third kappa shape index (κ3) is 2.69. The molecule has 0 atom stereocenters. The zero-order valence-electron chi connectivity index (χ0n) is 13.3. The van der Waals surface area contributed by atoms with Crippen molar-refractivity contribution >= 4 is 44.0 Å². The zero-order valence-corrected chi connectivity index (χ0v) is 16.0. The maximum absolute atomic E-state index is 6.09. The van der Waals surface area contributed by atoms with Crippen molar-refractivity contribution in [3.8, 4) is 0 Å². The van der Waals surface area contributed by atoms with Gasteiger partial charge in [-0.1, -0.05) is 60.7 Å². The summed E-state index contributed by atoms with van der Waals surface area (Å²) < 4.78 is 3.97. The minimum absolute atomic E-state index is 0.111. The fourth-order valence-electron chi connectivity index (χ4n) is 4.20. The van der Waals surface area contributed by atoms with Gasteiger partial charge in [0, 0.05) is 5.69 Å². The van der Waals surface area contributed by atoms with Crippen molar-refractivity contribution < 1.29 is 0 Å². The average molecular weight is 356 g/mol. The van der Waals surface area contributed by atoms with Crippen LogP contribution >= 0.6 is 20.1 Å². The molecule has 2 fully saturated rings. The van der Waals surface area contributed by atoms with E-state index >= 15 is 0 Å². The Morgan fingerprint density at radius 1 is 0.826 bits per heavy atom. The van der Waals surface area contributed by atoms with Crippen molar-refractivity contribution in [2.24, 2.45) is 0 Å². The number of benzene rings is 2. The van der Waals surface area contributed by atoms with E-state index in [1.165, 1.54) is 47.7 Å². The Kier molecular flexibility index (Phi) is 4.36. The van der Waals surface area contributed by atoms with Crippen LogP contribution in [0.3, 0.4) is 0 Å². The Hall–Kier alpha value is -1.02. The number of rotatable bonds is 2. The lowest BCUT2D eigenvalue weighted by atomic mass is 10.3. The molecule has 2 saturated heterocycles. The molecule has 0 aromatic heterocycles. The maximum atomic E-state index is 6.09. The van der Waals surface area contributed by atoms with Crippen LogP contribution < -0.4 is 9.75 Å². The van der Waals surface area contributed by atoms with E-state index in [0.29, 0.717) is 0 Å².